The number of likely N-dealkylation sites (N-methyl/N-ethyl adjacent to an activating group) is 1. The molecule has 0 saturated carbocycles. The van der Waals surface area contributed by atoms with Gasteiger partial charge in [-0.15, -0.1) is 11.3 Å². The molecule has 2 rings (SSSR count). The molecule has 6 heteroatoms. The Morgan fingerprint density at radius 1 is 1.52 bits per heavy atom. The zero-order valence-corrected chi connectivity index (χ0v) is 13.8. The molecule has 0 unspecified atom stereocenters. The molecule has 0 spiro atoms. The Bertz CT molecular complexity index is 449. The van der Waals surface area contributed by atoms with Crippen LogP contribution in [0.25, 0.3) is 0 Å². The van der Waals surface area contributed by atoms with E-state index in [1.807, 2.05) is 0 Å². The number of aryl methyl sites for hydroxylation is 1. The Hall–Kier alpha value is -1.14. The van der Waals surface area contributed by atoms with Crippen molar-refractivity contribution in [2.45, 2.75) is 45.6 Å². The van der Waals surface area contributed by atoms with E-state index in [9.17, 15) is 4.79 Å². The van der Waals surface area contributed by atoms with Gasteiger partial charge in [-0.1, -0.05) is 13.8 Å². The minimum atomic E-state index is -0.0519. The minimum Gasteiger partial charge on any atom is -0.338 e. The van der Waals surface area contributed by atoms with Gasteiger partial charge in [0, 0.05) is 30.9 Å². The van der Waals surface area contributed by atoms with Gasteiger partial charge in [0.05, 0.1) is 10.7 Å². The van der Waals surface area contributed by atoms with Gasteiger partial charge in [-0.2, -0.15) is 0 Å². The van der Waals surface area contributed by atoms with E-state index in [0.29, 0.717) is 6.54 Å². The number of likely N-dealkylation sites (tertiary alicyclic amines) is 1. The third kappa shape index (κ3) is 5.28. The highest BCUT2D eigenvalue weighted by molar-refractivity contribution is 7.09. The lowest BCUT2D eigenvalue weighted by atomic mass is 10.1. The Morgan fingerprint density at radius 3 is 3.10 bits per heavy atom. The van der Waals surface area contributed by atoms with E-state index in [4.69, 9.17) is 0 Å². The fourth-order valence-corrected chi connectivity index (χ4v) is 3.41. The smallest absolute Gasteiger partial charge is 0.315 e. The molecule has 118 valence electrons. The first-order valence-electron chi connectivity index (χ1n) is 7.91. The van der Waals surface area contributed by atoms with Gasteiger partial charge in [-0.3, -0.25) is 0 Å². The van der Waals surface area contributed by atoms with E-state index in [1.165, 1.54) is 0 Å². The number of nitrogens with zero attached hydrogens (tertiary/aromatic N) is 2. The minimum absolute atomic E-state index is 0.0519. The molecule has 5 nitrogen and oxygen atoms in total. The van der Waals surface area contributed by atoms with Crippen molar-refractivity contribution in [2.75, 3.05) is 26.2 Å². The normalized spacial score (nSPS) is 19.4. The molecule has 2 N–H and O–H groups in total. The summed E-state index contributed by atoms with van der Waals surface area (Å²) in [6.45, 7) is 8.10. The van der Waals surface area contributed by atoms with Crippen molar-refractivity contribution in [3.63, 3.8) is 0 Å². The third-order valence-electron chi connectivity index (χ3n) is 3.86. The van der Waals surface area contributed by atoms with Gasteiger partial charge in [-0.05, 0) is 32.4 Å². The van der Waals surface area contributed by atoms with E-state index in [-0.39, 0.29) is 12.1 Å². The Balaban J connectivity index is 1.65. The molecule has 1 atom stereocenters. The maximum atomic E-state index is 11.9. The number of urea groups is 1. The average Bonchev–Trinajstić information content (AvgIpc) is 2.95. The number of rotatable bonds is 6. The second kappa shape index (κ2) is 8.34. The summed E-state index contributed by atoms with van der Waals surface area (Å²) in [5, 5.41) is 9.26. The second-order valence-electron chi connectivity index (χ2n) is 5.47. The molecule has 1 fully saturated rings. The van der Waals surface area contributed by atoms with Gasteiger partial charge < -0.3 is 15.5 Å². The molecule has 2 heterocycles. The highest BCUT2D eigenvalue weighted by Gasteiger charge is 2.19. The standard InChI is InChI=1S/C15H26N4OS/c1-3-14-17-13(11-21-14)7-8-16-15(20)18-12-6-5-9-19(4-2)10-12/h11-12H,3-10H2,1-2H3,(H2,16,18,20)/t12-/m1/s1. The van der Waals surface area contributed by atoms with Gasteiger partial charge in [0.1, 0.15) is 0 Å². The number of amides is 2. The summed E-state index contributed by atoms with van der Waals surface area (Å²) < 4.78 is 0. The van der Waals surface area contributed by atoms with Gasteiger partial charge in [-0.25, -0.2) is 9.78 Å². The van der Waals surface area contributed by atoms with Crippen molar-refractivity contribution >= 4 is 17.4 Å². The van der Waals surface area contributed by atoms with Crippen molar-refractivity contribution in [3.05, 3.63) is 16.1 Å². The Morgan fingerprint density at radius 2 is 2.38 bits per heavy atom. The Labute approximate surface area is 131 Å². The summed E-state index contributed by atoms with van der Waals surface area (Å²) >= 11 is 1.69. The quantitative estimate of drug-likeness (QED) is 0.845. The fraction of sp³-hybridized carbons (Fsp3) is 0.733. The number of carbonyl (C=O) groups excluding carboxylic acids is 1. The van der Waals surface area contributed by atoms with Crippen molar-refractivity contribution in [3.8, 4) is 0 Å². The first-order valence-corrected chi connectivity index (χ1v) is 8.79. The van der Waals surface area contributed by atoms with Gasteiger partial charge in [0.2, 0.25) is 0 Å². The molecule has 21 heavy (non-hydrogen) atoms. The average molecular weight is 310 g/mol. The monoisotopic (exact) mass is 310 g/mol. The maximum absolute atomic E-state index is 11.9. The lowest BCUT2D eigenvalue weighted by Crippen LogP contribution is -2.50. The number of hydrogen-bond donors (Lipinski definition) is 2. The molecule has 0 radical (unpaired) electrons. The first-order chi connectivity index (χ1) is 10.2. The zero-order chi connectivity index (χ0) is 15.1. The lowest BCUT2D eigenvalue weighted by Gasteiger charge is -2.32. The van der Waals surface area contributed by atoms with Crippen LogP contribution in [0.15, 0.2) is 5.38 Å². The largest absolute Gasteiger partial charge is 0.338 e. The highest BCUT2D eigenvalue weighted by atomic mass is 32.1. The van der Waals surface area contributed by atoms with Gasteiger partial charge >= 0.3 is 6.03 Å². The van der Waals surface area contributed by atoms with Crippen LogP contribution in [0.4, 0.5) is 4.79 Å². The van der Waals surface area contributed by atoms with E-state index in [0.717, 1.165) is 56.0 Å². The lowest BCUT2D eigenvalue weighted by molar-refractivity contribution is 0.192. The molecule has 1 saturated heterocycles. The summed E-state index contributed by atoms with van der Waals surface area (Å²) in [4.78, 5) is 18.8. The molecule has 0 aliphatic carbocycles. The predicted octanol–water partition coefficient (Wildman–Crippen LogP) is 2.03. The predicted molar refractivity (Wildman–Crippen MR) is 86.9 cm³/mol. The van der Waals surface area contributed by atoms with Crippen LogP contribution in [-0.4, -0.2) is 48.1 Å². The third-order valence-corrected chi connectivity index (χ3v) is 4.90. The fourth-order valence-electron chi connectivity index (χ4n) is 2.63. The second-order valence-corrected chi connectivity index (χ2v) is 6.41. The van der Waals surface area contributed by atoms with E-state index in [1.54, 1.807) is 11.3 Å². The van der Waals surface area contributed by atoms with E-state index < -0.39 is 0 Å². The number of hydrogen-bond acceptors (Lipinski definition) is 4. The topological polar surface area (TPSA) is 57.3 Å². The summed E-state index contributed by atoms with van der Waals surface area (Å²) in [5.41, 5.74) is 1.08. The molecule has 1 aromatic rings. The maximum Gasteiger partial charge on any atom is 0.315 e. The van der Waals surface area contributed by atoms with E-state index in [2.05, 4.69) is 39.7 Å². The van der Waals surface area contributed by atoms with Gasteiger partial charge in [0.25, 0.3) is 0 Å². The molecule has 1 aromatic heterocycles. The van der Waals surface area contributed by atoms with Crippen molar-refractivity contribution < 1.29 is 4.79 Å². The van der Waals surface area contributed by atoms with Crippen LogP contribution in [-0.2, 0) is 12.8 Å². The number of thiazole rings is 1. The van der Waals surface area contributed by atoms with E-state index >= 15 is 0 Å². The summed E-state index contributed by atoms with van der Waals surface area (Å²) in [6, 6.07) is 0.230. The van der Waals surface area contributed by atoms with Crippen molar-refractivity contribution in [2.24, 2.45) is 0 Å². The molecule has 0 bridgehead atoms. The Kier molecular flexibility index (Phi) is 6.45. The van der Waals surface area contributed by atoms with Crippen molar-refractivity contribution in [1.29, 1.82) is 0 Å². The number of aromatic nitrogens is 1. The molecule has 1 aliphatic rings. The van der Waals surface area contributed by atoms with Crippen LogP contribution in [0.3, 0.4) is 0 Å². The number of carbonyl (C=O) groups is 1. The summed E-state index contributed by atoms with van der Waals surface area (Å²) in [7, 11) is 0. The number of piperidine rings is 1. The van der Waals surface area contributed by atoms with Crippen LogP contribution >= 0.6 is 11.3 Å². The van der Waals surface area contributed by atoms with Crippen LogP contribution in [0.5, 0.6) is 0 Å². The molecule has 2 amide bonds. The zero-order valence-electron chi connectivity index (χ0n) is 13.0. The molecular formula is C15H26N4OS. The SMILES string of the molecule is CCc1nc(CCNC(=O)N[C@@H]2CCCN(CC)C2)cs1. The highest BCUT2D eigenvalue weighted by Crippen LogP contribution is 2.10. The first kappa shape index (κ1) is 16.2. The molecule has 0 aromatic carbocycles. The van der Waals surface area contributed by atoms with Crippen LogP contribution in [0, 0.1) is 0 Å². The molecule has 1 aliphatic heterocycles. The van der Waals surface area contributed by atoms with Crippen LogP contribution < -0.4 is 10.6 Å². The van der Waals surface area contributed by atoms with Crippen LogP contribution in [0.2, 0.25) is 0 Å². The van der Waals surface area contributed by atoms with Crippen LogP contribution in [0.1, 0.15) is 37.4 Å². The summed E-state index contributed by atoms with van der Waals surface area (Å²) in [6.07, 6.45) is 4.02. The number of nitrogens with one attached hydrogen (secondary N) is 2. The summed E-state index contributed by atoms with van der Waals surface area (Å²) in [5.74, 6) is 0. The molecular weight excluding hydrogens is 284 g/mol. The van der Waals surface area contributed by atoms with Gasteiger partial charge in [0.15, 0.2) is 0 Å². The van der Waals surface area contributed by atoms with Crippen molar-refractivity contribution in [1.82, 2.24) is 20.5 Å².